The maximum absolute atomic E-state index is 13.4. The van der Waals surface area contributed by atoms with Crippen LogP contribution in [0.4, 0.5) is 19.3 Å². The van der Waals surface area contributed by atoms with Crippen molar-refractivity contribution in [2.45, 2.75) is 24.3 Å². The largest absolute Gasteiger partial charge is 0.444 e. The lowest BCUT2D eigenvalue weighted by molar-refractivity contribution is 0.141. The molecule has 26 heavy (non-hydrogen) atoms. The monoisotopic (exact) mass is 383 g/mol. The summed E-state index contributed by atoms with van der Waals surface area (Å²) in [5.74, 6) is -1.66. The number of halogens is 2. The Labute approximate surface area is 148 Å². The van der Waals surface area contributed by atoms with Crippen LogP contribution in [0.3, 0.4) is 0 Å². The Balaban J connectivity index is 1.85. The number of ether oxygens (including phenoxy) is 1. The lowest BCUT2D eigenvalue weighted by atomic mass is 10.1. The normalized spacial score (nSPS) is 17.5. The predicted molar refractivity (Wildman–Crippen MR) is 88.7 cm³/mol. The zero-order chi connectivity index (χ0) is 19.1. The van der Waals surface area contributed by atoms with Crippen molar-refractivity contribution in [3.63, 3.8) is 0 Å². The quantitative estimate of drug-likeness (QED) is 0.821. The van der Waals surface area contributed by atoms with Crippen molar-refractivity contribution in [2.24, 2.45) is 0 Å². The molecule has 0 unspecified atom stereocenters. The van der Waals surface area contributed by atoms with Crippen LogP contribution in [-0.4, -0.2) is 31.7 Å². The first-order chi connectivity index (χ1) is 12.1. The summed E-state index contributed by atoms with van der Waals surface area (Å²) in [7, 11) is -4.44. The zero-order valence-electron chi connectivity index (χ0n) is 13.6. The number of amides is 1. The molecular weight excluding hydrogens is 368 g/mol. The van der Waals surface area contributed by atoms with Gasteiger partial charge in [0.05, 0.1) is 17.1 Å². The van der Waals surface area contributed by atoms with Gasteiger partial charge in [-0.2, -0.15) is 8.42 Å². The van der Waals surface area contributed by atoms with Crippen LogP contribution < -0.4 is 4.90 Å². The molecule has 0 radical (unpaired) electrons. The van der Waals surface area contributed by atoms with E-state index in [0.717, 1.165) is 22.6 Å². The zero-order valence-corrected chi connectivity index (χ0v) is 14.5. The Kier molecular flexibility index (Phi) is 4.68. The molecule has 0 bridgehead atoms. The topological polar surface area (TPSA) is 83.9 Å². The van der Waals surface area contributed by atoms with E-state index in [2.05, 4.69) is 0 Å². The number of anilines is 1. The minimum atomic E-state index is -4.44. The molecule has 2 aromatic rings. The van der Waals surface area contributed by atoms with Crippen molar-refractivity contribution >= 4 is 21.9 Å². The first-order valence-corrected chi connectivity index (χ1v) is 9.09. The second kappa shape index (κ2) is 6.65. The van der Waals surface area contributed by atoms with Gasteiger partial charge in [-0.15, -0.1) is 0 Å². The number of aryl methyl sites for hydroxylation is 1. The predicted octanol–water partition coefficient (Wildman–Crippen LogP) is 3.09. The van der Waals surface area contributed by atoms with Crippen LogP contribution in [0.15, 0.2) is 41.3 Å². The van der Waals surface area contributed by atoms with Crippen LogP contribution in [-0.2, 0) is 21.3 Å². The minimum absolute atomic E-state index is 0.00856. The molecule has 0 saturated carbocycles. The summed E-state index contributed by atoms with van der Waals surface area (Å²) in [4.78, 5) is 12.8. The summed E-state index contributed by atoms with van der Waals surface area (Å²) in [6, 6.07) is 7.08. The molecule has 1 amide bonds. The molecule has 0 aromatic heterocycles. The van der Waals surface area contributed by atoms with Gasteiger partial charge in [0.15, 0.2) is 0 Å². The Morgan fingerprint density at radius 2 is 1.85 bits per heavy atom. The summed E-state index contributed by atoms with van der Waals surface area (Å²) in [5, 5.41) is 0. The molecule has 1 fully saturated rings. The second-order valence-electron chi connectivity index (χ2n) is 6.03. The van der Waals surface area contributed by atoms with Gasteiger partial charge < -0.3 is 4.74 Å². The third-order valence-corrected chi connectivity index (χ3v) is 4.93. The average molecular weight is 383 g/mol. The number of hydrogen-bond donors (Lipinski definition) is 1. The number of benzene rings is 2. The first kappa shape index (κ1) is 18.3. The molecule has 3 rings (SSSR count). The van der Waals surface area contributed by atoms with Crippen molar-refractivity contribution in [1.29, 1.82) is 0 Å². The van der Waals surface area contributed by atoms with Gasteiger partial charge in [-0.1, -0.05) is 17.7 Å². The lowest BCUT2D eigenvalue weighted by Gasteiger charge is -2.14. The number of nitrogens with zero attached hydrogens (tertiary/aromatic N) is 1. The fraction of sp³-hybridized carbons (Fsp3) is 0.235. The summed E-state index contributed by atoms with van der Waals surface area (Å²) < 4.78 is 64.3. The van der Waals surface area contributed by atoms with E-state index in [9.17, 15) is 26.5 Å². The Morgan fingerprint density at radius 1 is 1.19 bits per heavy atom. The van der Waals surface area contributed by atoms with E-state index in [0.29, 0.717) is 6.07 Å². The highest BCUT2D eigenvalue weighted by molar-refractivity contribution is 7.85. The Hall–Kier alpha value is -2.52. The van der Waals surface area contributed by atoms with Crippen LogP contribution in [0.25, 0.3) is 0 Å². The van der Waals surface area contributed by atoms with E-state index in [1.165, 1.54) is 12.1 Å². The Bertz CT molecular complexity index is 957. The highest BCUT2D eigenvalue weighted by Crippen LogP contribution is 2.27. The third kappa shape index (κ3) is 3.83. The third-order valence-electron chi connectivity index (χ3n) is 3.97. The van der Waals surface area contributed by atoms with Crippen molar-refractivity contribution < 1.29 is 31.3 Å². The molecule has 1 atom stereocenters. The maximum Gasteiger partial charge on any atom is 0.414 e. The van der Waals surface area contributed by atoms with Gasteiger partial charge in [0.1, 0.15) is 17.7 Å². The molecule has 1 aliphatic heterocycles. The van der Waals surface area contributed by atoms with Crippen LogP contribution in [0, 0.1) is 18.6 Å². The minimum Gasteiger partial charge on any atom is -0.444 e. The molecule has 138 valence electrons. The molecule has 0 aliphatic carbocycles. The fourth-order valence-corrected chi connectivity index (χ4v) is 3.61. The van der Waals surface area contributed by atoms with E-state index in [1.54, 1.807) is 13.0 Å². The summed E-state index contributed by atoms with van der Waals surface area (Å²) in [5.41, 5.74) is 1.06. The molecule has 2 aromatic carbocycles. The standard InChI is InChI=1S/C17H15F2NO5S/c1-10-2-3-16(26(22,23)24)11(4-10)5-15-9-20(17(21)25-15)14-7-12(18)6-13(19)8-14/h2-4,6-8,15H,5,9H2,1H3,(H,22,23,24)/t15-/m1/s1. The molecule has 1 heterocycles. The molecular formula is C17H15F2NO5S. The number of cyclic esters (lactones) is 1. The fourth-order valence-electron chi connectivity index (χ4n) is 2.90. The van der Waals surface area contributed by atoms with E-state index in [-0.39, 0.29) is 29.1 Å². The van der Waals surface area contributed by atoms with Gasteiger partial charge in [-0.25, -0.2) is 13.6 Å². The SMILES string of the molecule is Cc1ccc(S(=O)(=O)O)c(C[C@@H]2CN(c3cc(F)cc(F)c3)C(=O)O2)c1. The van der Waals surface area contributed by atoms with Crippen LogP contribution in [0.1, 0.15) is 11.1 Å². The lowest BCUT2D eigenvalue weighted by Crippen LogP contribution is -2.25. The number of rotatable bonds is 4. The van der Waals surface area contributed by atoms with Crippen LogP contribution >= 0.6 is 0 Å². The van der Waals surface area contributed by atoms with E-state index < -0.39 is 33.9 Å². The van der Waals surface area contributed by atoms with E-state index in [4.69, 9.17) is 4.74 Å². The first-order valence-electron chi connectivity index (χ1n) is 7.65. The molecule has 9 heteroatoms. The van der Waals surface area contributed by atoms with Gasteiger partial charge in [-0.05, 0) is 30.7 Å². The van der Waals surface area contributed by atoms with Gasteiger partial charge >= 0.3 is 6.09 Å². The molecule has 1 aliphatic rings. The van der Waals surface area contributed by atoms with E-state index >= 15 is 0 Å². The number of carbonyl (C=O) groups is 1. The number of hydrogen-bond acceptors (Lipinski definition) is 4. The Morgan fingerprint density at radius 3 is 2.46 bits per heavy atom. The summed E-state index contributed by atoms with van der Waals surface area (Å²) in [6.07, 6.45) is -1.51. The van der Waals surface area contributed by atoms with Crippen LogP contribution in [0.5, 0.6) is 0 Å². The van der Waals surface area contributed by atoms with Gasteiger partial charge in [0.25, 0.3) is 10.1 Å². The summed E-state index contributed by atoms with van der Waals surface area (Å²) >= 11 is 0. The second-order valence-corrected chi connectivity index (χ2v) is 7.42. The van der Waals surface area contributed by atoms with Crippen molar-refractivity contribution in [3.05, 3.63) is 59.2 Å². The van der Waals surface area contributed by atoms with E-state index in [1.807, 2.05) is 0 Å². The van der Waals surface area contributed by atoms with Gasteiger partial charge in [-0.3, -0.25) is 9.45 Å². The van der Waals surface area contributed by atoms with Crippen molar-refractivity contribution in [3.8, 4) is 0 Å². The molecule has 1 N–H and O–H groups in total. The van der Waals surface area contributed by atoms with Crippen molar-refractivity contribution in [1.82, 2.24) is 0 Å². The number of carbonyl (C=O) groups excluding carboxylic acids is 1. The highest BCUT2D eigenvalue weighted by atomic mass is 32.2. The molecule has 1 saturated heterocycles. The molecule has 0 spiro atoms. The smallest absolute Gasteiger partial charge is 0.414 e. The van der Waals surface area contributed by atoms with Crippen molar-refractivity contribution in [2.75, 3.05) is 11.4 Å². The average Bonchev–Trinajstić information content (AvgIpc) is 2.85. The maximum atomic E-state index is 13.4. The highest BCUT2D eigenvalue weighted by Gasteiger charge is 2.34. The van der Waals surface area contributed by atoms with Crippen LogP contribution in [0.2, 0.25) is 0 Å². The van der Waals surface area contributed by atoms with Gasteiger partial charge in [0.2, 0.25) is 0 Å². The molecule has 6 nitrogen and oxygen atoms in total. The van der Waals surface area contributed by atoms with Gasteiger partial charge in [0, 0.05) is 12.5 Å². The summed E-state index contributed by atoms with van der Waals surface area (Å²) in [6.45, 7) is 1.74.